The van der Waals surface area contributed by atoms with Crippen LogP contribution in [0.2, 0.25) is 0 Å². The molecule has 6 nitrogen and oxygen atoms in total. The summed E-state index contributed by atoms with van der Waals surface area (Å²) in [5, 5.41) is 14.4. The van der Waals surface area contributed by atoms with Crippen molar-refractivity contribution in [2.45, 2.75) is 51.5 Å². The lowest BCUT2D eigenvalue weighted by Crippen LogP contribution is -2.49. The van der Waals surface area contributed by atoms with Crippen LogP contribution in [0.15, 0.2) is 5.38 Å². The van der Waals surface area contributed by atoms with Gasteiger partial charge in [-0.3, -0.25) is 5.32 Å². The van der Waals surface area contributed by atoms with E-state index in [0.717, 1.165) is 18.5 Å². The summed E-state index contributed by atoms with van der Waals surface area (Å²) < 4.78 is 0. The number of rotatable bonds is 2. The van der Waals surface area contributed by atoms with Gasteiger partial charge in [-0.1, -0.05) is 20.8 Å². The number of nitrogens with zero attached hydrogens (tertiary/aromatic N) is 2. The third-order valence-corrected chi connectivity index (χ3v) is 4.29. The number of carbonyl (C=O) groups excluding carboxylic acids is 1. The van der Waals surface area contributed by atoms with E-state index in [2.05, 4.69) is 31.1 Å². The first kappa shape index (κ1) is 15.8. The number of piperidine rings is 1. The first-order valence-electron chi connectivity index (χ1n) is 7.05. The maximum atomic E-state index is 12.3. The first-order valence-corrected chi connectivity index (χ1v) is 7.93. The zero-order valence-corrected chi connectivity index (χ0v) is 13.4. The molecule has 116 valence electrons. The molecule has 0 aromatic carbocycles. The number of hydrogen-bond donors (Lipinski definition) is 2. The van der Waals surface area contributed by atoms with E-state index in [1.165, 1.54) is 16.2 Å². The van der Waals surface area contributed by atoms with E-state index >= 15 is 0 Å². The molecule has 0 spiro atoms. The summed E-state index contributed by atoms with van der Waals surface area (Å²) >= 11 is 1.36. The van der Waals surface area contributed by atoms with Crippen LogP contribution in [-0.2, 0) is 10.2 Å². The van der Waals surface area contributed by atoms with Gasteiger partial charge in [0.05, 0.1) is 5.69 Å². The number of anilines is 1. The first-order chi connectivity index (χ1) is 9.79. The predicted octanol–water partition coefficient (Wildman–Crippen LogP) is 2.91. The highest BCUT2D eigenvalue weighted by molar-refractivity contribution is 7.13. The normalized spacial score (nSPS) is 19.4. The third-order valence-electron chi connectivity index (χ3n) is 3.54. The standard InChI is InChI=1S/C14H21N3O3S/c1-14(2,3)10-8-21-12(15-10)16-13(20)17-7-5-4-6-9(17)11(18)19/h8-9H,4-7H2,1-3H3,(H,18,19)(H,15,16,20). The zero-order chi connectivity index (χ0) is 15.6. The Balaban J connectivity index is 2.06. The quantitative estimate of drug-likeness (QED) is 0.879. The number of thiazole rings is 1. The van der Waals surface area contributed by atoms with Gasteiger partial charge in [0.2, 0.25) is 0 Å². The topological polar surface area (TPSA) is 82.5 Å². The number of carbonyl (C=O) groups is 2. The molecule has 0 saturated carbocycles. The molecule has 7 heteroatoms. The van der Waals surface area contributed by atoms with Crippen LogP contribution in [0, 0.1) is 0 Å². The average molecular weight is 311 g/mol. The molecule has 1 saturated heterocycles. The van der Waals surface area contributed by atoms with Gasteiger partial charge >= 0.3 is 12.0 Å². The molecular weight excluding hydrogens is 290 g/mol. The lowest BCUT2D eigenvalue weighted by atomic mass is 9.93. The molecule has 2 N–H and O–H groups in total. The van der Waals surface area contributed by atoms with E-state index in [0.29, 0.717) is 18.1 Å². The van der Waals surface area contributed by atoms with E-state index < -0.39 is 12.0 Å². The Labute approximate surface area is 128 Å². The van der Waals surface area contributed by atoms with Crippen molar-refractivity contribution >= 4 is 28.5 Å². The van der Waals surface area contributed by atoms with Crippen LogP contribution in [-0.4, -0.2) is 39.6 Å². The molecule has 1 aromatic heterocycles. The maximum Gasteiger partial charge on any atom is 0.326 e. The number of amides is 2. The third kappa shape index (κ3) is 3.72. The van der Waals surface area contributed by atoms with Crippen molar-refractivity contribution in [3.63, 3.8) is 0 Å². The smallest absolute Gasteiger partial charge is 0.326 e. The highest BCUT2D eigenvalue weighted by Gasteiger charge is 2.32. The maximum absolute atomic E-state index is 12.3. The van der Waals surface area contributed by atoms with E-state index in [1.54, 1.807) is 0 Å². The van der Waals surface area contributed by atoms with Crippen molar-refractivity contribution < 1.29 is 14.7 Å². The number of carboxylic acids is 1. The van der Waals surface area contributed by atoms with Crippen LogP contribution < -0.4 is 5.32 Å². The van der Waals surface area contributed by atoms with Gasteiger partial charge < -0.3 is 10.0 Å². The number of aromatic nitrogens is 1. The van der Waals surface area contributed by atoms with Crippen molar-refractivity contribution in [3.8, 4) is 0 Å². The van der Waals surface area contributed by atoms with Crippen LogP contribution in [0.3, 0.4) is 0 Å². The van der Waals surface area contributed by atoms with Gasteiger partial charge in [0, 0.05) is 17.3 Å². The van der Waals surface area contributed by atoms with Crippen molar-refractivity contribution in [3.05, 3.63) is 11.1 Å². The Bertz CT molecular complexity index is 536. The Morgan fingerprint density at radius 1 is 1.43 bits per heavy atom. The van der Waals surface area contributed by atoms with Crippen molar-refractivity contribution in [2.75, 3.05) is 11.9 Å². The van der Waals surface area contributed by atoms with E-state index in [-0.39, 0.29) is 11.4 Å². The fourth-order valence-corrected chi connectivity index (χ4v) is 3.20. The number of hydrogen-bond acceptors (Lipinski definition) is 4. The highest BCUT2D eigenvalue weighted by Crippen LogP contribution is 2.27. The molecule has 0 bridgehead atoms. The van der Waals surface area contributed by atoms with Crippen LogP contribution in [0.5, 0.6) is 0 Å². The number of aliphatic carboxylic acids is 1. The Kier molecular flexibility index (Phi) is 4.51. The Morgan fingerprint density at radius 3 is 2.71 bits per heavy atom. The molecule has 21 heavy (non-hydrogen) atoms. The molecule has 1 fully saturated rings. The molecule has 2 amide bonds. The predicted molar refractivity (Wildman–Crippen MR) is 81.8 cm³/mol. The summed E-state index contributed by atoms with van der Waals surface area (Å²) in [5.41, 5.74) is 0.838. The van der Waals surface area contributed by atoms with Crippen LogP contribution in [0.4, 0.5) is 9.93 Å². The average Bonchev–Trinajstić information content (AvgIpc) is 2.87. The second-order valence-corrected chi connectivity index (χ2v) is 7.12. The van der Waals surface area contributed by atoms with E-state index in [9.17, 15) is 14.7 Å². The van der Waals surface area contributed by atoms with Gasteiger partial charge in [-0.2, -0.15) is 0 Å². The molecule has 0 radical (unpaired) electrons. The fourth-order valence-electron chi connectivity index (χ4n) is 2.27. The zero-order valence-electron chi connectivity index (χ0n) is 12.5. The fraction of sp³-hybridized carbons (Fsp3) is 0.643. The molecular formula is C14H21N3O3S. The lowest BCUT2D eigenvalue weighted by molar-refractivity contribution is -0.143. The molecule has 1 unspecified atom stereocenters. The summed E-state index contributed by atoms with van der Waals surface area (Å²) in [4.78, 5) is 29.3. The van der Waals surface area contributed by atoms with Crippen LogP contribution in [0.25, 0.3) is 0 Å². The van der Waals surface area contributed by atoms with Crippen LogP contribution >= 0.6 is 11.3 Å². The second-order valence-electron chi connectivity index (χ2n) is 6.26. The van der Waals surface area contributed by atoms with Crippen molar-refractivity contribution in [1.29, 1.82) is 0 Å². The Hall–Kier alpha value is -1.63. The molecule has 1 aliphatic rings. The molecule has 2 rings (SSSR count). The number of likely N-dealkylation sites (tertiary alicyclic amines) is 1. The highest BCUT2D eigenvalue weighted by atomic mass is 32.1. The minimum atomic E-state index is -0.945. The van der Waals surface area contributed by atoms with Gasteiger partial charge in [-0.05, 0) is 19.3 Å². The number of carboxylic acid groups (broad SMARTS) is 1. The summed E-state index contributed by atoms with van der Waals surface area (Å²) in [7, 11) is 0. The minimum absolute atomic E-state index is 0.0752. The van der Waals surface area contributed by atoms with Crippen molar-refractivity contribution in [2.24, 2.45) is 0 Å². The lowest BCUT2D eigenvalue weighted by Gasteiger charge is -2.32. The summed E-state index contributed by atoms with van der Waals surface area (Å²) in [6, 6.07) is -1.11. The number of nitrogens with one attached hydrogen (secondary N) is 1. The van der Waals surface area contributed by atoms with E-state index in [1.807, 2.05) is 5.38 Å². The SMILES string of the molecule is CC(C)(C)c1csc(NC(=O)N2CCCCC2C(=O)O)n1. The van der Waals surface area contributed by atoms with Gasteiger partial charge in [0.1, 0.15) is 6.04 Å². The monoisotopic (exact) mass is 311 g/mol. The number of urea groups is 1. The van der Waals surface area contributed by atoms with Crippen molar-refractivity contribution in [1.82, 2.24) is 9.88 Å². The Morgan fingerprint density at radius 2 is 2.14 bits per heavy atom. The van der Waals surface area contributed by atoms with E-state index in [4.69, 9.17) is 0 Å². The van der Waals surface area contributed by atoms with Gasteiger partial charge in [0.15, 0.2) is 5.13 Å². The van der Waals surface area contributed by atoms with Gasteiger partial charge in [0.25, 0.3) is 0 Å². The minimum Gasteiger partial charge on any atom is -0.480 e. The largest absolute Gasteiger partial charge is 0.480 e. The van der Waals surface area contributed by atoms with Gasteiger partial charge in [-0.15, -0.1) is 11.3 Å². The van der Waals surface area contributed by atoms with Crippen LogP contribution in [0.1, 0.15) is 45.7 Å². The summed E-state index contributed by atoms with van der Waals surface area (Å²) in [6.07, 6.45) is 2.18. The molecule has 1 aromatic rings. The molecule has 1 aliphatic heterocycles. The molecule has 1 atom stereocenters. The molecule has 2 heterocycles. The molecule has 0 aliphatic carbocycles. The summed E-state index contributed by atoms with van der Waals surface area (Å²) in [6.45, 7) is 6.64. The summed E-state index contributed by atoms with van der Waals surface area (Å²) in [5.74, 6) is -0.945. The van der Waals surface area contributed by atoms with Gasteiger partial charge in [-0.25, -0.2) is 14.6 Å². The second kappa shape index (κ2) is 6.01.